The summed E-state index contributed by atoms with van der Waals surface area (Å²) in [6, 6.07) is 9.29. The molecular formula is C21H22N6O2. The van der Waals surface area contributed by atoms with Gasteiger partial charge in [-0.1, -0.05) is 0 Å². The van der Waals surface area contributed by atoms with Gasteiger partial charge in [-0.25, -0.2) is 15.0 Å². The van der Waals surface area contributed by atoms with Crippen LogP contribution in [0.4, 0.5) is 5.95 Å². The normalized spacial score (nSPS) is 18.8. The van der Waals surface area contributed by atoms with Crippen molar-refractivity contribution in [2.75, 3.05) is 5.32 Å². The van der Waals surface area contributed by atoms with Crippen LogP contribution in [-0.2, 0) is 0 Å². The van der Waals surface area contributed by atoms with Gasteiger partial charge in [0.05, 0.1) is 5.69 Å². The fourth-order valence-electron chi connectivity index (χ4n) is 3.44. The van der Waals surface area contributed by atoms with E-state index in [1.807, 2.05) is 18.2 Å². The summed E-state index contributed by atoms with van der Waals surface area (Å²) < 4.78 is 5.95. The van der Waals surface area contributed by atoms with Crippen molar-refractivity contribution in [3.8, 4) is 17.1 Å². The zero-order valence-corrected chi connectivity index (χ0v) is 15.9. The molecule has 0 atom stereocenters. The largest absolute Gasteiger partial charge is 0.474 e. The molecule has 3 aromatic heterocycles. The first-order chi connectivity index (χ1) is 14.2. The first-order valence-corrected chi connectivity index (χ1v) is 9.60. The Bertz CT molecular complexity index is 974. The fraction of sp³-hybridized carbons (Fsp3) is 0.286. The van der Waals surface area contributed by atoms with Crippen LogP contribution in [0.2, 0.25) is 0 Å². The standard InChI is InChI=1S/C21H22N6O2/c22-19(28)17-4-2-11-24-20(17)29-16-7-5-15(6-8-16)26-21-25-12-9-18(27-21)14-3-1-10-23-13-14/h1-4,9-13,15-16H,5-8H2,(H2,22,28)(H,25,26,27). The van der Waals surface area contributed by atoms with Gasteiger partial charge < -0.3 is 15.8 Å². The summed E-state index contributed by atoms with van der Waals surface area (Å²) in [5.41, 5.74) is 7.50. The lowest BCUT2D eigenvalue weighted by Crippen LogP contribution is -2.32. The predicted molar refractivity (Wildman–Crippen MR) is 108 cm³/mol. The van der Waals surface area contributed by atoms with Crippen LogP contribution in [0.25, 0.3) is 11.3 Å². The highest BCUT2D eigenvalue weighted by Crippen LogP contribution is 2.26. The molecule has 1 amide bonds. The summed E-state index contributed by atoms with van der Waals surface area (Å²) in [6.45, 7) is 0. The highest BCUT2D eigenvalue weighted by molar-refractivity contribution is 5.94. The first-order valence-electron chi connectivity index (χ1n) is 9.60. The van der Waals surface area contributed by atoms with Crippen molar-refractivity contribution in [1.29, 1.82) is 0 Å². The van der Waals surface area contributed by atoms with Crippen molar-refractivity contribution in [2.24, 2.45) is 5.73 Å². The third-order valence-electron chi connectivity index (χ3n) is 4.94. The van der Waals surface area contributed by atoms with Crippen molar-refractivity contribution in [1.82, 2.24) is 19.9 Å². The van der Waals surface area contributed by atoms with E-state index < -0.39 is 5.91 Å². The molecule has 8 nitrogen and oxygen atoms in total. The number of hydrogen-bond donors (Lipinski definition) is 2. The number of hydrogen-bond acceptors (Lipinski definition) is 7. The topological polar surface area (TPSA) is 116 Å². The molecule has 0 aliphatic heterocycles. The molecule has 1 aliphatic rings. The van der Waals surface area contributed by atoms with E-state index in [1.54, 1.807) is 36.9 Å². The maximum atomic E-state index is 11.5. The van der Waals surface area contributed by atoms with Gasteiger partial charge in [-0.15, -0.1) is 0 Å². The number of amides is 1. The lowest BCUT2D eigenvalue weighted by atomic mass is 9.93. The van der Waals surface area contributed by atoms with Crippen LogP contribution in [-0.4, -0.2) is 38.0 Å². The maximum absolute atomic E-state index is 11.5. The number of carbonyl (C=O) groups excluding carboxylic acids is 1. The molecule has 0 spiro atoms. The Morgan fingerprint density at radius 1 is 1.03 bits per heavy atom. The van der Waals surface area contributed by atoms with Crippen LogP contribution in [0.15, 0.2) is 55.1 Å². The lowest BCUT2D eigenvalue weighted by Gasteiger charge is -2.29. The number of ether oxygens (including phenoxy) is 1. The average Bonchev–Trinajstić information content (AvgIpc) is 2.76. The van der Waals surface area contributed by atoms with Gasteiger partial charge in [0.25, 0.3) is 5.91 Å². The van der Waals surface area contributed by atoms with E-state index in [0.717, 1.165) is 36.9 Å². The molecule has 4 rings (SSSR count). The van der Waals surface area contributed by atoms with Crippen LogP contribution in [0.3, 0.4) is 0 Å². The number of nitrogens with two attached hydrogens (primary N) is 1. The van der Waals surface area contributed by atoms with Gasteiger partial charge in [-0.3, -0.25) is 9.78 Å². The highest BCUT2D eigenvalue weighted by Gasteiger charge is 2.24. The van der Waals surface area contributed by atoms with Crippen LogP contribution in [0.5, 0.6) is 5.88 Å². The number of nitrogens with zero attached hydrogens (tertiary/aromatic N) is 4. The zero-order chi connectivity index (χ0) is 20.1. The van der Waals surface area contributed by atoms with E-state index in [0.29, 0.717) is 17.4 Å². The SMILES string of the molecule is NC(=O)c1cccnc1OC1CCC(Nc2nccc(-c3cccnc3)n2)CC1. The summed E-state index contributed by atoms with van der Waals surface area (Å²) in [6.07, 6.45) is 10.4. The van der Waals surface area contributed by atoms with E-state index in [1.165, 1.54) is 0 Å². The molecule has 1 fully saturated rings. The monoisotopic (exact) mass is 390 g/mol. The molecular weight excluding hydrogens is 368 g/mol. The summed E-state index contributed by atoms with van der Waals surface area (Å²) in [7, 11) is 0. The molecule has 3 N–H and O–H groups in total. The predicted octanol–water partition coefficient (Wildman–Crippen LogP) is 2.83. The molecule has 0 unspecified atom stereocenters. The molecule has 3 heterocycles. The Kier molecular flexibility index (Phi) is 5.60. The fourth-order valence-corrected chi connectivity index (χ4v) is 3.44. The number of carbonyl (C=O) groups is 1. The molecule has 3 aromatic rings. The summed E-state index contributed by atoms with van der Waals surface area (Å²) in [5, 5.41) is 3.42. The van der Waals surface area contributed by atoms with Crippen LogP contribution >= 0.6 is 0 Å². The second kappa shape index (κ2) is 8.64. The number of pyridine rings is 2. The van der Waals surface area contributed by atoms with Gasteiger partial charge in [-0.05, 0) is 56.0 Å². The van der Waals surface area contributed by atoms with Crippen LogP contribution in [0, 0.1) is 0 Å². The minimum absolute atomic E-state index is 0.00342. The van der Waals surface area contributed by atoms with Crippen molar-refractivity contribution < 1.29 is 9.53 Å². The Balaban J connectivity index is 1.35. The number of rotatable bonds is 6. The molecule has 0 radical (unpaired) electrons. The summed E-state index contributed by atoms with van der Waals surface area (Å²) in [4.78, 5) is 28.8. The van der Waals surface area contributed by atoms with E-state index in [-0.39, 0.29) is 12.1 Å². The van der Waals surface area contributed by atoms with Gasteiger partial charge in [0, 0.05) is 36.4 Å². The van der Waals surface area contributed by atoms with Crippen molar-refractivity contribution >= 4 is 11.9 Å². The minimum Gasteiger partial charge on any atom is -0.474 e. The lowest BCUT2D eigenvalue weighted by molar-refractivity contribution is 0.0983. The van der Waals surface area contributed by atoms with Gasteiger partial charge in [0.15, 0.2) is 0 Å². The van der Waals surface area contributed by atoms with Crippen molar-refractivity contribution in [3.63, 3.8) is 0 Å². The third-order valence-corrected chi connectivity index (χ3v) is 4.94. The molecule has 148 valence electrons. The Hall–Kier alpha value is -3.55. The maximum Gasteiger partial charge on any atom is 0.254 e. The third kappa shape index (κ3) is 4.66. The van der Waals surface area contributed by atoms with Gasteiger partial charge >= 0.3 is 0 Å². The highest BCUT2D eigenvalue weighted by atomic mass is 16.5. The van der Waals surface area contributed by atoms with E-state index in [2.05, 4.69) is 25.3 Å². The van der Waals surface area contributed by atoms with Gasteiger partial charge in [0.1, 0.15) is 11.7 Å². The second-order valence-corrected chi connectivity index (χ2v) is 6.96. The zero-order valence-electron chi connectivity index (χ0n) is 15.9. The Labute approximate surface area is 168 Å². The second-order valence-electron chi connectivity index (χ2n) is 6.96. The molecule has 0 saturated heterocycles. The van der Waals surface area contributed by atoms with Gasteiger partial charge in [-0.2, -0.15) is 0 Å². The molecule has 1 aliphatic carbocycles. The molecule has 0 aromatic carbocycles. The first kappa shape index (κ1) is 18.8. The quantitative estimate of drug-likeness (QED) is 0.665. The van der Waals surface area contributed by atoms with Crippen molar-refractivity contribution in [3.05, 3.63) is 60.7 Å². The number of anilines is 1. The molecule has 29 heavy (non-hydrogen) atoms. The minimum atomic E-state index is -0.533. The van der Waals surface area contributed by atoms with Crippen molar-refractivity contribution in [2.45, 2.75) is 37.8 Å². The molecule has 8 heteroatoms. The number of nitrogens with one attached hydrogen (secondary N) is 1. The smallest absolute Gasteiger partial charge is 0.254 e. The van der Waals surface area contributed by atoms with E-state index in [4.69, 9.17) is 10.5 Å². The van der Waals surface area contributed by atoms with Crippen LogP contribution in [0.1, 0.15) is 36.0 Å². The van der Waals surface area contributed by atoms with E-state index >= 15 is 0 Å². The molecule has 0 bridgehead atoms. The number of aromatic nitrogens is 4. The Morgan fingerprint density at radius 3 is 2.62 bits per heavy atom. The summed E-state index contributed by atoms with van der Waals surface area (Å²) >= 11 is 0. The summed E-state index contributed by atoms with van der Waals surface area (Å²) in [5.74, 6) is 0.384. The molecule has 1 saturated carbocycles. The average molecular weight is 390 g/mol. The number of primary amides is 1. The van der Waals surface area contributed by atoms with Gasteiger partial charge in [0.2, 0.25) is 11.8 Å². The van der Waals surface area contributed by atoms with E-state index in [9.17, 15) is 4.79 Å². The van der Waals surface area contributed by atoms with Crippen LogP contribution < -0.4 is 15.8 Å². The Morgan fingerprint density at radius 2 is 1.86 bits per heavy atom.